The van der Waals surface area contributed by atoms with Gasteiger partial charge in [-0.1, -0.05) is 6.92 Å². The van der Waals surface area contributed by atoms with Crippen LogP contribution in [-0.2, 0) is 19.1 Å². The van der Waals surface area contributed by atoms with Gasteiger partial charge in [0.2, 0.25) is 0 Å². The van der Waals surface area contributed by atoms with E-state index in [1.165, 1.54) is 11.3 Å². The van der Waals surface area contributed by atoms with Crippen molar-refractivity contribution in [2.45, 2.75) is 39.0 Å². The van der Waals surface area contributed by atoms with Crippen LogP contribution in [0.1, 0.15) is 54.9 Å². The van der Waals surface area contributed by atoms with E-state index >= 15 is 0 Å². The summed E-state index contributed by atoms with van der Waals surface area (Å²) < 4.78 is 10.1. The van der Waals surface area contributed by atoms with Gasteiger partial charge in [-0.05, 0) is 49.0 Å². The molecule has 0 unspecified atom stereocenters. The minimum absolute atomic E-state index is 0.0731. The number of carbonyl (C=O) groups excluding carboxylic acids is 3. The quantitative estimate of drug-likeness (QED) is 0.764. The minimum atomic E-state index is -0.439. The number of hydrogen-bond donors (Lipinski definition) is 1. The summed E-state index contributed by atoms with van der Waals surface area (Å²) in [6, 6.07) is 0. The predicted octanol–water partition coefficient (Wildman–Crippen LogP) is 2.94. The third-order valence-corrected chi connectivity index (χ3v) is 5.24. The summed E-state index contributed by atoms with van der Waals surface area (Å²) in [5, 5.41) is 5.05. The number of thiophene rings is 1. The van der Waals surface area contributed by atoms with Gasteiger partial charge in [-0.15, -0.1) is 11.3 Å². The lowest BCUT2D eigenvalue weighted by Gasteiger charge is -2.08. The Kier molecular flexibility index (Phi) is 4.89. The number of rotatable bonds is 7. The Hall–Kier alpha value is -1.89. The van der Waals surface area contributed by atoms with E-state index in [1.807, 2.05) is 12.3 Å². The molecule has 3 rings (SSSR count). The predicted molar refractivity (Wildman–Crippen MR) is 89.1 cm³/mol. The van der Waals surface area contributed by atoms with Gasteiger partial charge in [-0.3, -0.25) is 9.59 Å². The molecule has 0 bridgehead atoms. The maximum absolute atomic E-state index is 12.2. The van der Waals surface area contributed by atoms with E-state index in [0.717, 1.165) is 24.8 Å². The van der Waals surface area contributed by atoms with Gasteiger partial charge in [0, 0.05) is 0 Å². The Bertz CT molecular complexity index is 664. The molecule has 24 heavy (non-hydrogen) atoms. The first kappa shape index (κ1) is 17.0. The second-order valence-corrected chi connectivity index (χ2v) is 7.24. The number of anilines is 1. The van der Waals surface area contributed by atoms with E-state index in [-0.39, 0.29) is 25.1 Å². The van der Waals surface area contributed by atoms with Crippen LogP contribution < -0.4 is 5.32 Å². The van der Waals surface area contributed by atoms with E-state index in [4.69, 9.17) is 9.47 Å². The number of nitrogens with one attached hydrogen (secondary N) is 1. The summed E-state index contributed by atoms with van der Waals surface area (Å²) in [5.74, 6) is -0.537. The second kappa shape index (κ2) is 6.93. The lowest BCUT2D eigenvalue weighted by atomic mass is 10.1. The van der Waals surface area contributed by atoms with Crippen LogP contribution >= 0.6 is 11.3 Å². The van der Waals surface area contributed by atoms with Crippen LogP contribution in [0.25, 0.3) is 0 Å². The maximum Gasteiger partial charge on any atom is 0.341 e. The molecular formula is C17H21NO5S. The smallest absolute Gasteiger partial charge is 0.341 e. The van der Waals surface area contributed by atoms with Crippen molar-refractivity contribution < 1.29 is 23.9 Å². The molecule has 2 fully saturated rings. The van der Waals surface area contributed by atoms with Crippen molar-refractivity contribution in [2.24, 2.45) is 11.8 Å². The van der Waals surface area contributed by atoms with Crippen LogP contribution in [-0.4, -0.2) is 31.1 Å². The summed E-state index contributed by atoms with van der Waals surface area (Å²) in [4.78, 5) is 35.9. The van der Waals surface area contributed by atoms with Gasteiger partial charge >= 0.3 is 11.9 Å². The van der Waals surface area contributed by atoms with Crippen molar-refractivity contribution in [2.75, 3.05) is 18.5 Å². The Morgan fingerprint density at radius 2 is 2.00 bits per heavy atom. The SMILES string of the molecule is CCOC(=O)c1c(C2CC2)csc1NC(=O)COC(=O)[C@@H]1C[C@@H]1C. The van der Waals surface area contributed by atoms with Crippen LogP contribution in [0.2, 0.25) is 0 Å². The van der Waals surface area contributed by atoms with Crippen molar-refractivity contribution in [3.8, 4) is 0 Å². The highest BCUT2D eigenvalue weighted by atomic mass is 32.1. The van der Waals surface area contributed by atoms with E-state index in [2.05, 4.69) is 5.32 Å². The van der Waals surface area contributed by atoms with Crippen LogP contribution in [0.4, 0.5) is 5.00 Å². The number of amides is 1. The molecule has 1 amide bonds. The number of esters is 2. The molecule has 2 aliphatic carbocycles. The zero-order valence-corrected chi connectivity index (χ0v) is 14.6. The summed E-state index contributed by atoms with van der Waals surface area (Å²) in [6.45, 7) is 3.67. The van der Waals surface area contributed by atoms with Crippen molar-refractivity contribution in [1.82, 2.24) is 0 Å². The molecule has 2 saturated carbocycles. The molecule has 1 N–H and O–H groups in total. The van der Waals surface area contributed by atoms with E-state index < -0.39 is 11.9 Å². The van der Waals surface area contributed by atoms with Gasteiger partial charge in [0.05, 0.1) is 18.1 Å². The van der Waals surface area contributed by atoms with E-state index in [9.17, 15) is 14.4 Å². The molecule has 6 nitrogen and oxygen atoms in total. The van der Waals surface area contributed by atoms with Crippen LogP contribution in [0.3, 0.4) is 0 Å². The van der Waals surface area contributed by atoms with Crippen molar-refractivity contribution >= 4 is 34.2 Å². The normalized spacial score (nSPS) is 21.9. The highest BCUT2D eigenvalue weighted by molar-refractivity contribution is 7.15. The second-order valence-electron chi connectivity index (χ2n) is 6.37. The third-order valence-electron chi connectivity index (χ3n) is 4.33. The van der Waals surface area contributed by atoms with Crippen LogP contribution in [0.5, 0.6) is 0 Å². The Labute approximate surface area is 144 Å². The fourth-order valence-corrected chi connectivity index (χ4v) is 3.68. The van der Waals surface area contributed by atoms with Gasteiger partial charge in [-0.2, -0.15) is 0 Å². The first-order valence-electron chi connectivity index (χ1n) is 8.26. The summed E-state index contributed by atoms with van der Waals surface area (Å²) in [7, 11) is 0. The largest absolute Gasteiger partial charge is 0.462 e. The number of hydrogen-bond acceptors (Lipinski definition) is 6. The fourth-order valence-electron chi connectivity index (χ4n) is 2.63. The van der Waals surface area contributed by atoms with Crippen molar-refractivity contribution in [3.63, 3.8) is 0 Å². The average molecular weight is 351 g/mol. The molecule has 0 aromatic carbocycles. The lowest BCUT2D eigenvalue weighted by Crippen LogP contribution is -2.22. The van der Waals surface area contributed by atoms with Crippen molar-refractivity contribution in [3.05, 3.63) is 16.5 Å². The molecule has 0 spiro atoms. The first-order chi connectivity index (χ1) is 11.5. The molecule has 2 aliphatic rings. The highest BCUT2D eigenvalue weighted by Gasteiger charge is 2.40. The van der Waals surface area contributed by atoms with Gasteiger partial charge in [0.15, 0.2) is 6.61 Å². The molecule has 2 atom stereocenters. The van der Waals surface area contributed by atoms with E-state index in [1.54, 1.807) is 6.92 Å². The van der Waals surface area contributed by atoms with E-state index in [0.29, 0.717) is 22.4 Å². The van der Waals surface area contributed by atoms with Gasteiger partial charge < -0.3 is 14.8 Å². The Morgan fingerprint density at radius 3 is 2.58 bits per heavy atom. The molecule has 7 heteroatoms. The monoisotopic (exact) mass is 351 g/mol. The van der Waals surface area contributed by atoms with Gasteiger partial charge in [-0.25, -0.2) is 4.79 Å². The Morgan fingerprint density at radius 1 is 1.29 bits per heavy atom. The first-order valence-corrected chi connectivity index (χ1v) is 9.14. The van der Waals surface area contributed by atoms with Crippen LogP contribution in [0.15, 0.2) is 5.38 Å². The number of ether oxygens (including phenoxy) is 2. The van der Waals surface area contributed by atoms with Crippen LogP contribution in [0, 0.1) is 11.8 Å². The Balaban J connectivity index is 1.62. The number of carbonyl (C=O) groups is 3. The fraction of sp³-hybridized carbons (Fsp3) is 0.588. The topological polar surface area (TPSA) is 81.7 Å². The molecule has 1 aromatic heterocycles. The van der Waals surface area contributed by atoms with Gasteiger partial charge in [0.25, 0.3) is 5.91 Å². The molecule has 0 radical (unpaired) electrons. The summed E-state index contributed by atoms with van der Waals surface area (Å²) in [6.07, 6.45) is 2.92. The molecule has 0 aliphatic heterocycles. The maximum atomic E-state index is 12.2. The standard InChI is InChI=1S/C17H21NO5S/c1-3-22-17(21)14-12(10-4-5-10)8-24-15(14)18-13(19)7-23-16(20)11-6-9(11)2/h8-11H,3-7H2,1-2H3,(H,18,19)/t9-,11+/m0/s1. The average Bonchev–Trinajstić information content (AvgIpc) is 3.46. The highest BCUT2D eigenvalue weighted by Crippen LogP contribution is 2.46. The lowest BCUT2D eigenvalue weighted by molar-refractivity contribution is -0.148. The van der Waals surface area contributed by atoms with Gasteiger partial charge in [0.1, 0.15) is 5.00 Å². The zero-order valence-electron chi connectivity index (χ0n) is 13.8. The molecule has 1 heterocycles. The summed E-state index contributed by atoms with van der Waals surface area (Å²) >= 11 is 1.31. The molecule has 130 valence electrons. The summed E-state index contributed by atoms with van der Waals surface area (Å²) in [5.41, 5.74) is 1.39. The zero-order chi connectivity index (χ0) is 17.3. The molecule has 0 saturated heterocycles. The third kappa shape index (κ3) is 3.77. The van der Waals surface area contributed by atoms with Crippen molar-refractivity contribution in [1.29, 1.82) is 0 Å². The molecule has 1 aromatic rings. The molecular weight excluding hydrogens is 330 g/mol. The minimum Gasteiger partial charge on any atom is -0.462 e.